The third kappa shape index (κ3) is 3.19. The van der Waals surface area contributed by atoms with E-state index in [1.54, 1.807) is 6.20 Å². The minimum atomic E-state index is 0.0751. The quantitative estimate of drug-likeness (QED) is 0.905. The zero-order chi connectivity index (χ0) is 17.4. The number of nitrogens with one attached hydrogen (secondary N) is 1. The van der Waals surface area contributed by atoms with Gasteiger partial charge in [-0.05, 0) is 63.9 Å². The third-order valence-electron chi connectivity index (χ3n) is 6.27. The van der Waals surface area contributed by atoms with Crippen molar-refractivity contribution in [1.82, 2.24) is 19.7 Å². The van der Waals surface area contributed by atoms with Gasteiger partial charge in [0.2, 0.25) is 5.91 Å². The van der Waals surface area contributed by atoms with Crippen LogP contribution in [0.25, 0.3) is 0 Å². The molecule has 25 heavy (non-hydrogen) atoms. The Morgan fingerprint density at radius 2 is 1.96 bits per heavy atom. The summed E-state index contributed by atoms with van der Waals surface area (Å²) >= 11 is 0. The molecule has 3 fully saturated rings. The molecule has 136 valence electrons. The van der Waals surface area contributed by atoms with Gasteiger partial charge in [0, 0.05) is 25.7 Å². The first-order valence-electron chi connectivity index (χ1n) is 9.56. The van der Waals surface area contributed by atoms with Gasteiger partial charge in [0.25, 0.3) is 5.91 Å². The molecule has 3 saturated heterocycles. The molecule has 4 rings (SSSR count). The molecule has 0 spiro atoms. The number of aromatic amines is 1. The van der Waals surface area contributed by atoms with Crippen LogP contribution in [0.5, 0.6) is 0 Å². The molecule has 0 unspecified atom stereocenters. The highest BCUT2D eigenvalue weighted by Crippen LogP contribution is 2.33. The van der Waals surface area contributed by atoms with Gasteiger partial charge >= 0.3 is 0 Å². The molecule has 1 N–H and O–H groups in total. The molecule has 0 aromatic carbocycles. The van der Waals surface area contributed by atoms with Crippen molar-refractivity contribution in [1.29, 1.82) is 0 Å². The lowest BCUT2D eigenvalue weighted by Crippen LogP contribution is -2.54. The van der Waals surface area contributed by atoms with Crippen LogP contribution in [0, 0.1) is 5.92 Å². The molecule has 4 heterocycles. The minimum Gasteiger partial charge on any atom is -0.357 e. The van der Waals surface area contributed by atoms with E-state index in [4.69, 9.17) is 0 Å². The van der Waals surface area contributed by atoms with Crippen LogP contribution in [-0.2, 0) is 4.79 Å². The summed E-state index contributed by atoms with van der Waals surface area (Å²) in [6, 6.07) is 4.08. The molecular formula is C19H28N4O2. The average Bonchev–Trinajstić information content (AvgIpc) is 3.28. The van der Waals surface area contributed by atoms with Crippen molar-refractivity contribution in [3.8, 4) is 0 Å². The highest BCUT2D eigenvalue weighted by atomic mass is 16.2. The second kappa shape index (κ2) is 6.83. The molecule has 3 aliphatic rings. The maximum Gasteiger partial charge on any atom is 0.270 e. The van der Waals surface area contributed by atoms with Gasteiger partial charge in [-0.25, -0.2) is 0 Å². The molecule has 6 heteroatoms. The highest BCUT2D eigenvalue weighted by Gasteiger charge is 2.45. The van der Waals surface area contributed by atoms with Crippen LogP contribution in [0.1, 0.15) is 42.6 Å². The normalized spacial score (nSPS) is 28.4. The fourth-order valence-electron chi connectivity index (χ4n) is 4.78. The number of hydrogen-bond donors (Lipinski definition) is 1. The Bertz CT molecular complexity index is 621. The Balaban J connectivity index is 1.45. The minimum absolute atomic E-state index is 0.0751. The summed E-state index contributed by atoms with van der Waals surface area (Å²) in [5.74, 6) is 0.965. The summed E-state index contributed by atoms with van der Waals surface area (Å²) in [7, 11) is 2.17. The van der Waals surface area contributed by atoms with Crippen molar-refractivity contribution >= 4 is 11.8 Å². The summed E-state index contributed by atoms with van der Waals surface area (Å²) in [5.41, 5.74) is 0.652. The molecule has 0 aliphatic carbocycles. The Morgan fingerprint density at radius 1 is 1.16 bits per heavy atom. The first-order valence-corrected chi connectivity index (χ1v) is 9.56. The Labute approximate surface area is 149 Å². The topological polar surface area (TPSA) is 59.6 Å². The van der Waals surface area contributed by atoms with E-state index >= 15 is 0 Å². The zero-order valence-corrected chi connectivity index (χ0v) is 15.0. The predicted molar refractivity (Wildman–Crippen MR) is 95.2 cm³/mol. The summed E-state index contributed by atoms with van der Waals surface area (Å²) in [6.45, 7) is 3.87. The first-order chi connectivity index (χ1) is 12.1. The molecule has 1 aromatic heterocycles. The van der Waals surface area contributed by atoms with Crippen LogP contribution >= 0.6 is 0 Å². The molecule has 0 radical (unpaired) electrons. The predicted octanol–water partition coefficient (Wildman–Crippen LogP) is 1.56. The number of fused-ring (bicyclic) bond motifs is 1. The molecule has 6 nitrogen and oxygen atoms in total. The second-order valence-electron chi connectivity index (χ2n) is 7.84. The molecule has 2 atom stereocenters. The molecule has 0 bridgehead atoms. The van der Waals surface area contributed by atoms with E-state index in [1.807, 2.05) is 17.0 Å². The van der Waals surface area contributed by atoms with Gasteiger partial charge in [-0.1, -0.05) is 0 Å². The van der Waals surface area contributed by atoms with Crippen LogP contribution in [0.15, 0.2) is 18.3 Å². The van der Waals surface area contributed by atoms with Crippen LogP contribution in [0.2, 0.25) is 0 Å². The monoisotopic (exact) mass is 344 g/mol. The number of likely N-dealkylation sites (tertiary alicyclic amines) is 3. The van der Waals surface area contributed by atoms with Gasteiger partial charge in [-0.2, -0.15) is 0 Å². The molecule has 2 amide bonds. The number of amides is 2. The van der Waals surface area contributed by atoms with Gasteiger partial charge in [0.05, 0.1) is 12.1 Å². The highest BCUT2D eigenvalue weighted by molar-refractivity contribution is 5.93. The lowest BCUT2D eigenvalue weighted by Gasteiger charge is -2.42. The standard InChI is InChI=1S/C19H28N4O2/c1-21-10-6-14(7-11-21)13-23-17-8-12-22(16(17)4-5-18(23)24)19(25)15-3-2-9-20-15/h2-3,9,14,16-17,20H,4-8,10-13H2,1H3/t16-,17-/m1/s1. The SMILES string of the molecule is CN1CCC(CN2C(=O)CC[C@@H]3[C@H]2CCN3C(=O)c2ccc[nH]2)CC1. The van der Waals surface area contributed by atoms with Crippen LogP contribution < -0.4 is 0 Å². The van der Waals surface area contributed by atoms with E-state index in [9.17, 15) is 9.59 Å². The van der Waals surface area contributed by atoms with Crippen molar-refractivity contribution < 1.29 is 9.59 Å². The smallest absolute Gasteiger partial charge is 0.270 e. The molecule has 3 aliphatic heterocycles. The molecule has 0 saturated carbocycles. The van der Waals surface area contributed by atoms with Crippen LogP contribution in [-0.4, -0.2) is 76.8 Å². The summed E-state index contributed by atoms with van der Waals surface area (Å²) in [6.07, 6.45) is 6.42. The Hall–Kier alpha value is -1.82. The van der Waals surface area contributed by atoms with Crippen LogP contribution in [0.4, 0.5) is 0 Å². The fraction of sp³-hybridized carbons (Fsp3) is 0.684. The Morgan fingerprint density at radius 3 is 2.68 bits per heavy atom. The largest absolute Gasteiger partial charge is 0.357 e. The second-order valence-corrected chi connectivity index (χ2v) is 7.84. The third-order valence-corrected chi connectivity index (χ3v) is 6.27. The van der Waals surface area contributed by atoms with Crippen molar-refractivity contribution in [2.45, 2.75) is 44.2 Å². The maximum atomic E-state index is 12.8. The van der Waals surface area contributed by atoms with E-state index in [1.165, 1.54) is 12.8 Å². The number of hydrogen-bond acceptors (Lipinski definition) is 3. The van der Waals surface area contributed by atoms with E-state index in [-0.39, 0.29) is 23.9 Å². The summed E-state index contributed by atoms with van der Waals surface area (Å²) < 4.78 is 0. The van der Waals surface area contributed by atoms with Crippen molar-refractivity contribution in [2.24, 2.45) is 5.92 Å². The van der Waals surface area contributed by atoms with E-state index < -0.39 is 0 Å². The zero-order valence-electron chi connectivity index (χ0n) is 15.0. The number of H-pyrrole nitrogens is 1. The van der Waals surface area contributed by atoms with Crippen molar-refractivity contribution in [3.05, 3.63) is 24.0 Å². The number of nitrogens with zero attached hydrogens (tertiary/aromatic N) is 3. The van der Waals surface area contributed by atoms with E-state index in [0.717, 1.165) is 39.0 Å². The number of carbonyl (C=O) groups is 2. The van der Waals surface area contributed by atoms with Gasteiger partial charge in [-0.15, -0.1) is 0 Å². The number of aromatic nitrogens is 1. The van der Waals surface area contributed by atoms with Gasteiger partial charge < -0.3 is 19.7 Å². The summed E-state index contributed by atoms with van der Waals surface area (Å²) in [5, 5.41) is 0. The van der Waals surface area contributed by atoms with Gasteiger partial charge in [0.1, 0.15) is 5.69 Å². The van der Waals surface area contributed by atoms with Crippen molar-refractivity contribution in [2.75, 3.05) is 33.2 Å². The van der Waals surface area contributed by atoms with Crippen LogP contribution in [0.3, 0.4) is 0 Å². The lowest BCUT2D eigenvalue weighted by atomic mass is 9.91. The fourth-order valence-corrected chi connectivity index (χ4v) is 4.78. The van der Waals surface area contributed by atoms with Crippen molar-refractivity contribution in [3.63, 3.8) is 0 Å². The summed E-state index contributed by atoms with van der Waals surface area (Å²) in [4.78, 5) is 34.8. The Kier molecular flexibility index (Phi) is 4.54. The number of piperidine rings is 2. The van der Waals surface area contributed by atoms with E-state index in [0.29, 0.717) is 18.0 Å². The van der Waals surface area contributed by atoms with E-state index in [2.05, 4.69) is 21.8 Å². The van der Waals surface area contributed by atoms with Gasteiger partial charge in [-0.3, -0.25) is 9.59 Å². The first kappa shape index (κ1) is 16.6. The van der Waals surface area contributed by atoms with Gasteiger partial charge in [0.15, 0.2) is 0 Å². The lowest BCUT2D eigenvalue weighted by molar-refractivity contribution is -0.138. The number of carbonyl (C=O) groups excluding carboxylic acids is 2. The molecular weight excluding hydrogens is 316 g/mol. The number of rotatable bonds is 3. The molecule has 1 aromatic rings. The maximum absolute atomic E-state index is 12.8. The average molecular weight is 344 g/mol.